The van der Waals surface area contributed by atoms with E-state index in [-0.39, 0.29) is 11.9 Å². The number of hydrogen-bond acceptors (Lipinski definition) is 3. The van der Waals surface area contributed by atoms with Gasteiger partial charge in [-0.05, 0) is 48.3 Å². The number of aryl methyl sites for hydroxylation is 1. The summed E-state index contributed by atoms with van der Waals surface area (Å²) < 4.78 is 0.907. The van der Waals surface area contributed by atoms with Gasteiger partial charge in [0.1, 0.15) is 0 Å². The Balaban J connectivity index is 2.02. The van der Waals surface area contributed by atoms with Crippen LogP contribution in [0, 0.1) is 6.92 Å². The zero-order valence-electron chi connectivity index (χ0n) is 9.09. The summed E-state index contributed by atoms with van der Waals surface area (Å²) in [5.74, 6) is 0.0232. The molecule has 16 heavy (non-hydrogen) atoms. The molecule has 1 aromatic heterocycles. The predicted molar refractivity (Wildman–Crippen MR) is 66.3 cm³/mol. The van der Waals surface area contributed by atoms with Crippen LogP contribution >= 0.6 is 15.9 Å². The van der Waals surface area contributed by atoms with Gasteiger partial charge in [0, 0.05) is 4.47 Å². The normalized spacial score (nSPS) is 19.8. The van der Waals surface area contributed by atoms with Crippen molar-refractivity contribution >= 4 is 27.5 Å². The van der Waals surface area contributed by atoms with Crippen LogP contribution in [0.15, 0.2) is 16.7 Å². The van der Waals surface area contributed by atoms with Crippen LogP contribution in [0.25, 0.3) is 0 Å². The maximum absolute atomic E-state index is 11.8. The molecule has 86 valence electrons. The highest BCUT2D eigenvalue weighted by atomic mass is 79.9. The lowest BCUT2D eigenvalue weighted by Gasteiger charge is -2.11. The van der Waals surface area contributed by atoms with Crippen LogP contribution in [-0.4, -0.2) is 23.5 Å². The Hall–Kier alpha value is -0.940. The minimum absolute atomic E-state index is 0.0232. The van der Waals surface area contributed by atoms with Crippen LogP contribution in [0.5, 0.6) is 0 Å². The van der Waals surface area contributed by atoms with Crippen molar-refractivity contribution in [2.45, 2.75) is 25.8 Å². The number of anilines is 1. The summed E-state index contributed by atoms with van der Waals surface area (Å²) in [6, 6.07) is 1.81. The molecule has 4 nitrogen and oxygen atoms in total. The van der Waals surface area contributed by atoms with Gasteiger partial charge >= 0.3 is 0 Å². The molecule has 2 rings (SSSR count). The van der Waals surface area contributed by atoms with Crippen LogP contribution in [-0.2, 0) is 4.79 Å². The molecule has 1 aromatic rings. The van der Waals surface area contributed by atoms with Crippen molar-refractivity contribution in [2.24, 2.45) is 0 Å². The first-order valence-corrected chi connectivity index (χ1v) is 6.12. The van der Waals surface area contributed by atoms with Gasteiger partial charge in [0.05, 0.1) is 23.6 Å². The lowest BCUT2D eigenvalue weighted by molar-refractivity contribution is -0.117. The molecule has 5 heteroatoms. The Morgan fingerprint density at radius 2 is 2.50 bits per heavy atom. The molecule has 0 bridgehead atoms. The van der Waals surface area contributed by atoms with Gasteiger partial charge in [-0.3, -0.25) is 9.78 Å². The van der Waals surface area contributed by atoms with Crippen molar-refractivity contribution < 1.29 is 4.79 Å². The molecule has 0 saturated carbocycles. The number of rotatable bonds is 2. The maximum atomic E-state index is 11.8. The number of carbonyl (C=O) groups excluding carboxylic acids is 1. The molecule has 0 aromatic carbocycles. The average molecular weight is 284 g/mol. The van der Waals surface area contributed by atoms with E-state index in [0.717, 1.165) is 35.2 Å². The van der Waals surface area contributed by atoms with Crippen LogP contribution in [0.3, 0.4) is 0 Å². The fraction of sp³-hybridized carbons (Fsp3) is 0.455. The third-order valence-corrected chi connectivity index (χ3v) is 3.47. The van der Waals surface area contributed by atoms with E-state index in [1.807, 2.05) is 13.0 Å². The number of pyridine rings is 1. The van der Waals surface area contributed by atoms with E-state index in [1.165, 1.54) is 0 Å². The zero-order chi connectivity index (χ0) is 11.5. The maximum Gasteiger partial charge on any atom is 0.241 e. The molecular formula is C11H14BrN3O. The Morgan fingerprint density at radius 3 is 3.12 bits per heavy atom. The zero-order valence-corrected chi connectivity index (χ0v) is 10.7. The third kappa shape index (κ3) is 2.59. The minimum atomic E-state index is -0.0555. The molecule has 0 spiro atoms. The molecule has 1 amide bonds. The summed E-state index contributed by atoms with van der Waals surface area (Å²) in [6.07, 6.45) is 3.65. The lowest BCUT2D eigenvalue weighted by Crippen LogP contribution is -2.35. The van der Waals surface area contributed by atoms with E-state index in [9.17, 15) is 4.79 Å². The number of hydrogen-bond donors (Lipinski definition) is 2. The lowest BCUT2D eigenvalue weighted by atomic mass is 10.2. The molecular weight excluding hydrogens is 270 g/mol. The van der Waals surface area contributed by atoms with Crippen molar-refractivity contribution in [1.82, 2.24) is 10.3 Å². The molecule has 0 radical (unpaired) electrons. The average Bonchev–Trinajstić information content (AvgIpc) is 2.77. The monoisotopic (exact) mass is 283 g/mol. The van der Waals surface area contributed by atoms with E-state index < -0.39 is 0 Å². The van der Waals surface area contributed by atoms with E-state index >= 15 is 0 Å². The molecule has 1 aliphatic rings. The first-order valence-electron chi connectivity index (χ1n) is 5.33. The van der Waals surface area contributed by atoms with Gasteiger partial charge < -0.3 is 10.6 Å². The number of halogens is 1. The number of carbonyl (C=O) groups is 1. The van der Waals surface area contributed by atoms with Gasteiger partial charge in [-0.15, -0.1) is 0 Å². The summed E-state index contributed by atoms with van der Waals surface area (Å²) >= 11 is 3.39. The SMILES string of the molecule is Cc1ncc(NC(=O)C2CCCN2)cc1Br. The first kappa shape index (κ1) is 11.5. The van der Waals surface area contributed by atoms with Crippen LogP contribution < -0.4 is 10.6 Å². The summed E-state index contributed by atoms with van der Waals surface area (Å²) in [6.45, 7) is 2.84. The summed E-state index contributed by atoms with van der Waals surface area (Å²) in [5.41, 5.74) is 1.65. The topological polar surface area (TPSA) is 54.0 Å². The van der Waals surface area contributed by atoms with Gasteiger partial charge in [0.2, 0.25) is 5.91 Å². The van der Waals surface area contributed by atoms with E-state index in [2.05, 4.69) is 31.5 Å². The highest BCUT2D eigenvalue weighted by molar-refractivity contribution is 9.10. The number of nitrogens with zero attached hydrogens (tertiary/aromatic N) is 1. The largest absolute Gasteiger partial charge is 0.323 e. The van der Waals surface area contributed by atoms with Crippen LogP contribution in [0.1, 0.15) is 18.5 Å². The fourth-order valence-corrected chi connectivity index (χ4v) is 2.06. The van der Waals surface area contributed by atoms with Gasteiger partial charge in [-0.1, -0.05) is 0 Å². The summed E-state index contributed by atoms with van der Waals surface area (Å²) in [4.78, 5) is 16.0. The molecule has 1 fully saturated rings. The molecule has 1 unspecified atom stereocenters. The highest BCUT2D eigenvalue weighted by Crippen LogP contribution is 2.18. The van der Waals surface area contributed by atoms with Crippen LogP contribution in [0.4, 0.5) is 5.69 Å². The Labute approximate surface area is 103 Å². The van der Waals surface area contributed by atoms with E-state index in [1.54, 1.807) is 6.20 Å². The summed E-state index contributed by atoms with van der Waals surface area (Å²) in [5, 5.41) is 6.02. The second kappa shape index (κ2) is 4.93. The Morgan fingerprint density at radius 1 is 1.69 bits per heavy atom. The second-order valence-electron chi connectivity index (χ2n) is 3.93. The van der Waals surface area contributed by atoms with Gasteiger partial charge in [0.25, 0.3) is 0 Å². The molecule has 0 aliphatic carbocycles. The smallest absolute Gasteiger partial charge is 0.241 e. The molecule has 1 atom stereocenters. The second-order valence-corrected chi connectivity index (χ2v) is 4.78. The molecule has 1 aliphatic heterocycles. The third-order valence-electron chi connectivity index (χ3n) is 2.67. The standard InChI is InChI=1S/C11H14BrN3O/c1-7-9(12)5-8(6-14-7)15-11(16)10-3-2-4-13-10/h5-6,10,13H,2-4H2,1H3,(H,15,16). The number of aromatic nitrogens is 1. The fourth-order valence-electron chi connectivity index (χ4n) is 1.71. The van der Waals surface area contributed by atoms with Crippen molar-refractivity contribution in [3.05, 3.63) is 22.4 Å². The molecule has 2 N–H and O–H groups in total. The number of amides is 1. The van der Waals surface area contributed by atoms with Crippen molar-refractivity contribution in [2.75, 3.05) is 11.9 Å². The highest BCUT2D eigenvalue weighted by Gasteiger charge is 2.21. The minimum Gasteiger partial charge on any atom is -0.323 e. The van der Waals surface area contributed by atoms with Gasteiger partial charge in [-0.25, -0.2) is 0 Å². The summed E-state index contributed by atoms with van der Waals surface area (Å²) in [7, 11) is 0. The van der Waals surface area contributed by atoms with Crippen molar-refractivity contribution in [1.29, 1.82) is 0 Å². The Kier molecular flexibility index (Phi) is 3.56. The van der Waals surface area contributed by atoms with E-state index in [4.69, 9.17) is 0 Å². The quantitative estimate of drug-likeness (QED) is 0.871. The molecule has 2 heterocycles. The van der Waals surface area contributed by atoms with Crippen molar-refractivity contribution in [3.8, 4) is 0 Å². The first-order chi connectivity index (χ1) is 7.66. The molecule has 1 saturated heterocycles. The Bertz CT molecular complexity index is 402. The van der Waals surface area contributed by atoms with E-state index in [0.29, 0.717) is 0 Å². The van der Waals surface area contributed by atoms with Crippen molar-refractivity contribution in [3.63, 3.8) is 0 Å². The van der Waals surface area contributed by atoms with Gasteiger partial charge in [-0.2, -0.15) is 0 Å². The van der Waals surface area contributed by atoms with Crippen LogP contribution in [0.2, 0.25) is 0 Å². The van der Waals surface area contributed by atoms with Gasteiger partial charge in [0.15, 0.2) is 0 Å². The predicted octanol–water partition coefficient (Wildman–Crippen LogP) is 1.84. The number of nitrogens with one attached hydrogen (secondary N) is 2.